The van der Waals surface area contributed by atoms with Crippen LogP contribution in [0, 0.1) is 5.41 Å². The summed E-state index contributed by atoms with van der Waals surface area (Å²) in [6.45, 7) is 0.975. The van der Waals surface area contributed by atoms with Gasteiger partial charge >= 0.3 is 0 Å². The Bertz CT molecular complexity index is 396. The molecule has 106 valence electrons. The Morgan fingerprint density at radius 2 is 1.95 bits per heavy atom. The second-order valence-corrected chi connectivity index (χ2v) is 6.55. The van der Waals surface area contributed by atoms with Crippen LogP contribution in [0.1, 0.15) is 63.5 Å². The van der Waals surface area contributed by atoms with E-state index in [1.54, 1.807) is 0 Å². The molecule has 0 radical (unpaired) electrons. The van der Waals surface area contributed by atoms with E-state index in [0.29, 0.717) is 5.41 Å². The predicted molar refractivity (Wildman–Crippen MR) is 77.8 cm³/mol. The zero-order chi connectivity index (χ0) is 13.1. The highest BCUT2D eigenvalue weighted by Gasteiger charge is 2.40. The van der Waals surface area contributed by atoms with Crippen molar-refractivity contribution in [2.24, 2.45) is 12.5 Å². The fourth-order valence-corrected chi connectivity index (χ4v) is 4.28. The number of rotatable bonds is 3. The van der Waals surface area contributed by atoms with Gasteiger partial charge in [-0.25, -0.2) is 0 Å². The standard InChI is InChI=1S/C16H27N3/c1-19-14(8-12-18-19)13-17-15-7-3-6-11-16(15)9-4-2-5-10-16/h8,12,15,17H,2-7,9-11,13H2,1H3/t15-/m1/s1. The lowest BCUT2D eigenvalue weighted by Gasteiger charge is -2.47. The van der Waals surface area contributed by atoms with Gasteiger partial charge in [0.2, 0.25) is 0 Å². The molecule has 0 amide bonds. The molecule has 0 unspecified atom stereocenters. The van der Waals surface area contributed by atoms with E-state index in [-0.39, 0.29) is 0 Å². The summed E-state index contributed by atoms with van der Waals surface area (Å²) in [5.74, 6) is 0. The molecule has 1 aromatic rings. The molecule has 1 N–H and O–H groups in total. The molecule has 2 fully saturated rings. The van der Waals surface area contributed by atoms with Crippen LogP contribution in [0.5, 0.6) is 0 Å². The lowest BCUT2D eigenvalue weighted by Crippen LogP contribution is -2.48. The molecule has 19 heavy (non-hydrogen) atoms. The molecule has 3 nitrogen and oxygen atoms in total. The van der Waals surface area contributed by atoms with Gasteiger partial charge in [0.1, 0.15) is 0 Å². The highest BCUT2D eigenvalue weighted by Crippen LogP contribution is 2.47. The Labute approximate surface area is 116 Å². The van der Waals surface area contributed by atoms with E-state index >= 15 is 0 Å². The van der Waals surface area contributed by atoms with Crippen molar-refractivity contribution in [3.05, 3.63) is 18.0 Å². The zero-order valence-electron chi connectivity index (χ0n) is 12.2. The van der Waals surface area contributed by atoms with E-state index < -0.39 is 0 Å². The minimum Gasteiger partial charge on any atom is -0.308 e. The Hall–Kier alpha value is -0.830. The van der Waals surface area contributed by atoms with Gasteiger partial charge in [0.05, 0.1) is 5.69 Å². The molecule has 0 saturated heterocycles. The van der Waals surface area contributed by atoms with Crippen molar-refractivity contribution in [3.63, 3.8) is 0 Å². The van der Waals surface area contributed by atoms with Gasteiger partial charge in [0, 0.05) is 25.8 Å². The summed E-state index contributed by atoms with van der Waals surface area (Å²) in [7, 11) is 2.04. The van der Waals surface area contributed by atoms with E-state index in [0.717, 1.165) is 12.6 Å². The minimum atomic E-state index is 0.620. The maximum absolute atomic E-state index is 4.26. The molecule has 1 atom stereocenters. The lowest BCUT2D eigenvalue weighted by molar-refractivity contribution is 0.0733. The quantitative estimate of drug-likeness (QED) is 0.903. The van der Waals surface area contributed by atoms with Crippen molar-refractivity contribution in [1.82, 2.24) is 15.1 Å². The van der Waals surface area contributed by atoms with Gasteiger partial charge in [0.15, 0.2) is 0 Å². The minimum absolute atomic E-state index is 0.620. The van der Waals surface area contributed by atoms with Gasteiger partial charge in [-0.3, -0.25) is 4.68 Å². The van der Waals surface area contributed by atoms with E-state index in [2.05, 4.69) is 16.5 Å². The predicted octanol–water partition coefficient (Wildman–Crippen LogP) is 3.40. The molecule has 1 heterocycles. The van der Waals surface area contributed by atoms with Crippen molar-refractivity contribution in [2.75, 3.05) is 0 Å². The smallest absolute Gasteiger partial charge is 0.0518 e. The van der Waals surface area contributed by atoms with Crippen molar-refractivity contribution >= 4 is 0 Å². The van der Waals surface area contributed by atoms with Crippen molar-refractivity contribution in [2.45, 2.75) is 70.4 Å². The van der Waals surface area contributed by atoms with Gasteiger partial charge in [-0.15, -0.1) is 0 Å². The number of hydrogen-bond donors (Lipinski definition) is 1. The molecule has 3 heteroatoms. The number of hydrogen-bond acceptors (Lipinski definition) is 2. The number of aryl methyl sites for hydroxylation is 1. The Balaban J connectivity index is 1.65. The van der Waals surface area contributed by atoms with Crippen molar-refractivity contribution in [3.8, 4) is 0 Å². The Morgan fingerprint density at radius 1 is 1.21 bits per heavy atom. The third-order valence-electron chi connectivity index (χ3n) is 5.46. The average molecular weight is 261 g/mol. The molecule has 1 aromatic heterocycles. The maximum atomic E-state index is 4.26. The van der Waals surface area contributed by atoms with Gasteiger partial charge in [-0.05, 0) is 37.2 Å². The molecule has 2 saturated carbocycles. The molecule has 2 aliphatic rings. The monoisotopic (exact) mass is 261 g/mol. The topological polar surface area (TPSA) is 29.9 Å². The molecular formula is C16H27N3. The first-order valence-corrected chi connectivity index (χ1v) is 8.00. The molecule has 0 aliphatic heterocycles. The highest BCUT2D eigenvalue weighted by atomic mass is 15.3. The van der Waals surface area contributed by atoms with Crippen LogP contribution in [0.3, 0.4) is 0 Å². The first kappa shape index (κ1) is 13.2. The number of aromatic nitrogens is 2. The van der Waals surface area contributed by atoms with Gasteiger partial charge < -0.3 is 5.32 Å². The largest absolute Gasteiger partial charge is 0.308 e. The maximum Gasteiger partial charge on any atom is 0.0518 e. The summed E-state index contributed by atoms with van der Waals surface area (Å²) in [4.78, 5) is 0. The van der Waals surface area contributed by atoms with E-state index in [9.17, 15) is 0 Å². The SMILES string of the molecule is Cn1nccc1CN[C@@H]1CCCCC12CCCCC2. The summed E-state index contributed by atoms with van der Waals surface area (Å²) >= 11 is 0. The normalized spacial score (nSPS) is 26.7. The number of nitrogens with zero attached hydrogens (tertiary/aromatic N) is 2. The summed E-state index contributed by atoms with van der Waals surface area (Å²) in [5.41, 5.74) is 1.92. The van der Waals surface area contributed by atoms with Crippen LogP contribution in [-0.4, -0.2) is 15.8 Å². The second kappa shape index (κ2) is 5.66. The van der Waals surface area contributed by atoms with Crippen LogP contribution in [0.25, 0.3) is 0 Å². The van der Waals surface area contributed by atoms with Crippen LogP contribution in [0.15, 0.2) is 12.3 Å². The van der Waals surface area contributed by atoms with E-state index in [4.69, 9.17) is 0 Å². The van der Waals surface area contributed by atoms with Gasteiger partial charge in [-0.2, -0.15) is 5.10 Å². The van der Waals surface area contributed by atoms with Gasteiger partial charge in [-0.1, -0.05) is 32.1 Å². The lowest BCUT2D eigenvalue weighted by atomic mass is 9.62. The summed E-state index contributed by atoms with van der Waals surface area (Å²) < 4.78 is 1.99. The third-order valence-corrected chi connectivity index (χ3v) is 5.46. The summed E-state index contributed by atoms with van der Waals surface area (Å²) in [6, 6.07) is 2.86. The van der Waals surface area contributed by atoms with Gasteiger partial charge in [0.25, 0.3) is 0 Å². The van der Waals surface area contributed by atoms with Crippen LogP contribution in [-0.2, 0) is 13.6 Å². The first-order chi connectivity index (χ1) is 9.30. The Morgan fingerprint density at radius 3 is 2.63 bits per heavy atom. The molecule has 0 aromatic carbocycles. The summed E-state index contributed by atoms with van der Waals surface area (Å²) in [6.07, 6.45) is 14.8. The third kappa shape index (κ3) is 2.71. The molecule has 0 bridgehead atoms. The summed E-state index contributed by atoms with van der Waals surface area (Å²) in [5, 5.41) is 8.13. The Kier molecular flexibility index (Phi) is 3.92. The van der Waals surface area contributed by atoms with E-state index in [1.807, 2.05) is 17.9 Å². The highest BCUT2D eigenvalue weighted by molar-refractivity contribution is 5.02. The van der Waals surface area contributed by atoms with Crippen LogP contribution in [0.2, 0.25) is 0 Å². The molecular weight excluding hydrogens is 234 g/mol. The zero-order valence-corrected chi connectivity index (χ0v) is 12.2. The molecule has 1 spiro atoms. The van der Waals surface area contributed by atoms with Crippen LogP contribution in [0.4, 0.5) is 0 Å². The molecule has 3 rings (SSSR count). The van der Waals surface area contributed by atoms with Crippen LogP contribution < -0.4 is 5.32 Å². The average Bonchev–Trinajstić information content (AvgIpc) is 2.84. The second-order valence-electron chi connectivity index (χ2n) is 6.55. The molecule has 2 aliphatic carbocycles. The number of nitrogens with one attached hydrogen (secondary N) is 1. The fourth-order valence-electron chi connectivity index (χ4n) is 4.28. The van der Waals surface area contributed by atoms with Crippen molar-refractivity contribution < 1.29 is 0 Å². The van der Waals surface area contributed by atoms with E-state index in [1.165, 1.54) is 63.5 Å². The first-order valence-electron chi connectivity index (χ1n) is 8.00. The fraction of sp³-hybridized carbons (Fsp3) is 0.812. The van der Waals surface area contributed by atoms with Crippen molar-refractivity contribution in [1.29, 1.82) is 0 Å². The van der Waals surface area contributed by atoms with Crippen LogP contribution >= 0.6 is 0 Å².